The molecule has 1 aromatic rings. The van der Waals surface area contributed by atoms with E-state index in [2.05, 4.69) is 36.9 Å². The summed E-state index contributed by atoms with van der Waals surface area (Å²) in [5.41, 5.74) is 12.3. The Morgan fingerprint density at radius 1 is 1.17 bits per heavy atom. The normalized spacial score (nSPS) is 12.9. The van der Waals surface area contributed by atoms with E-state index >= 15 is 0 Å². The fourth-order valence-electron chi connectivity index (χ4n) is 2.15. The van der Waals surface area contributed by atoms with Crippen molar-refractivity contribution in [3.8, 4) is 0 Å². The number of rotatable bonds is 3. The van der Waals surface area contributed by atoms with E-state index in [4.69, 9.17) is 10.5 Å². The Kier molecular flexibility index (Phi) is 9.63. The lowest BCUT2D eigenvalue weighted by atomic mass is 10.1. The Bertz CT molecular complexity index is 558. The maximum absolute atomic E-state index is 9.44. The topological polar surface area (TPSA) is 63.4 Å². The van der Waals surface area contributed by atoms with Crippen molar-refractivity contribution in [1.82, 2.24) is 4.90 Å². The summed E-state index contributed by atoms with van der Waals surface area (Å²) in [4.78, 5) is 20.9. The molecule has 0 aromatic heterocycles. The first-order valence-electron chi connectivity index (χ1n) is 8.13. The minimum absolute atomic E-state index is 0.278. The summed E-state index contributed by atoms with van der Waals surface area (Å²) >= 11 is 0. The zero-order valence-electron chi connectivity index (χ0n) is 15.3. The van der Waals surface area contributed by atoms with Crippen LogP contribution in [0.2, 0.25) is 0 Å². The minimum atomic E-state index is -0.426. The van der Waals surface area contributed by atoms with Crippen LogP contribution in [0.3, 0.4) is 0 Å². The molecule has 1 heterocycles. The molecule has 23 heavy (non-hydrogen) atoms. The number of nitrogens with two attached hydrogens (primary N) is 1. The number of Topliss-reactive ketones (excluding diaryl/α,β-unsaturated/α-hetero) is 1. The van der Waals surface area contributed by atoms with Gasteiger partial charge in [-0.1, -0.05) is 39.0 Å². The van der Waals surface area contributed by atoms with Gasteiger partial charge in [-0.2, -0.15) is 0 Å². The van der Waals surface area contributed by atoms with Crippen molar-refractivity contribution in [1.29, 1.82) is 0 Å². The van der Waals surface area contributed by atoms with Crippen molar-refractivity contribution in [3.63, 3.8) is 0 Å². The molecule has 0 saturated heterocycles. The molecule has 0 spiro atoms. The summed E-state index contributed by atoms with van der Waals surface area (Å²) in [5.74, 6) is -0.426. The number of aldehydes is 1. The number of hydrogen-bond acceptors (Lipinski definition) is 4. The van der Waals surface area contributed by atoms with Gasteiger partial charge in [-0.3, -0.25) is 9.59 Å². The second-order valence-electron chi connectivity index (χ2n) is 5.31. The number of ketones is 1. The molecule has 0 fully saturated rings. The van der Waals surface area contributed by atoms with Crippen LogP contribution in [0.15, 0.2) is 29.6 Å². The molecular formula is C19H30N2O2. The Labute approximate surface area is 140 Å². The number of nitrogens with zero attached hydrogens (tertiary/aromatic N) is 1. The van der Waals surface area contributed by atoms with Crippen molar-refractivity contribution in [2.24, 2.45) is 5.73 Å². The van der Waals surface area contributed by atoms with E-state index < -0.39 is 5.78 Å². The molecule has 0 saturated carbocycles. The number of aryl methyl sites for hydroxylation is 1. The van der Waals surface area contributed by atoms with Gasteiger partial charge in [-0.25, -0.2) is 0 Å². The highest BCUT2D eigenvalue weighted by molar-refractivity contribution is 6.23. The highest BCUT2D eigenvalue weighted by atomic mass is 16.2. The molecule has 0 atom stereocenters. The van der Waals surface area contributed by atoms with Crippen LogP contribution in [0.1, 0.15) is 58.2 Å². The third-order valence-electron chi connectivity index (χ3n) is 3.61. The number of fused-ring (bicyclic) bond motifs is 1. The molecular weight excluding hydrogens is 288 g/mol. The summed E-state index contributed by atoms with van der Waals surface area (Å²) in [6, 6.07) is 6.82. The predicted molar refractivity (Wildman–Crippen MR) is 95.7 cm³/mol. The highest BCUT2D eigenvalue weighted by Crippen LogP contribution is 2.27. The second kappa shape index (κ2) is 10.6. The molecule has 0 amide bonds. The third kappa shape index (κ3) is 6.68. The first-order chi connectivity index (χ1) is 10.9. The van der Waals surface area contributed by atoms with Gasteiger partial charge >= 0.3 is 0 Å². The monoisotopic (exact) mass is 318 g/mol. The lowest BCUT2D eigenvalue weighted by Gasteiger charge is -2.19. The van der Waals surface area contributed by atoms with Crippen molar-refractivity contribution < 1.29 is 9.59 Å². The van der Waals surface area contributed by atoms with E-state index in [0.717, 1.165) is 25.2 Å². The number of hydrogen-bond donors (Lipinski definition) is 1. The van der Waals surface area contributed by atoms with Gasteiger partial charge in [0.2, 0.25) is 0 Å². The molecule has 0 unspecified atom stereocenters. The van der Waals surface area contributed by atoms with Crippen LogP contribution < -0.4 is 5.73 Å². The molecule has 0 radical (unpaired) electrons. The largest absolute Gasteiger partial charge is 0.401 e. The Morgan fingerprint density at radius 2 is 1.70 bits per heavy atom. The number of benzene rings is 1. The average Bonchev–Trinajstić information content (AvgIpc) is 2.99. The van der Waals surface area contributed by atoms with Crippen LogP contribution in [0.4, 0.5) is 0 Å². The Morgan fingerprint density at radius 3 is 2.13 bits per heavy atom. The first kappa shape index (κ1) is 20.9. The van der Waals surface area contributed by atoms with Gasteiger partial charge in [0.1, 0.15) is 0 Å². The maximum atomic E-state index is 9.44. The van der Waals surface area contributed by atoms with E-state index in [1.54, 1.807) is 0 Å². The molecule has 1 aliphatic heterocycles. The molecule has 2 rings (SSSR count). The zero-order valence-corrected chi connectivity index (χ0v) is 15.3. The Balaban J connectivity index is 0.000000594. The standard InChI is InChI=1S/C14H20N2.C3H4O2.C2H6/c1-4-12-5-6-13-8-16(9-14(13)7-12)11(3)10(2)15;1-3(5)2-4;1-2/h5-7H,4,8-9,15H2,1-3H3;2H,1H3;1-2H3/b11-10-;;. The van der Waals surface area contributed by atoms with Gasteiger partial charge in [0.15, 0.2) is 12.1 Å². The van der Waals surface area contributed by atoms with Crippen LogP contribution in [0.25, 0.3) is 0 Å². The summed E-state index contributed by atoms with van der Waals surface area (Å²) in [7, 11) is 0. The fourth-order valence-corrected chi connectivity index (χ4v) is 2.15. The summed E-state index contributed by atoms with van der Waals surface area (Å²) in [6.07, 6.45) is 1.39. The van der Waals surface area contributed by atoms with Crippen LogP contribution in [-0.4, -0.2) is 17.0 Å². The molecule has 1 aromatic carbocycles. The van der Waals surface area contributed by atoms with Crippen molar-refractivity contribution in [3.05, 3.63) is 46.3 Å². The lowest BCUT2D eigenvalue weighted by molar-refractivity contribution is -0.128. The van der Waals surface area contributed by atoms with Gasteiger partial charge in [0, 0.05) is 31.4 Å². The van der Waals surface area contributed by atoms with Crippen LogP contribution in [-0.2, 0) is 29.1 Å². The predicted octanol–water partition coefficient (Wildman–Crippen LogP) is 3.58. The summed E-state index contributed by atoms with van der Waals surface area (Å²) in [6.45, 7) is 13.5. The van der Waals surface area contributed by atoms with E-state index in [9.17, 15) is 4.79 Å². The number of carbonyl (C=O) groups is 2. The fraction of sp³-hybridized carbons (Fsp3) is 0.474. The van der Waals surface area contributed by atoms with Gasteiger partial charge in [0.25, 0.3) is 0 Å². The Hall–Kier alpha value is -2.10. The highest BCUT2D eigenvalue weighted by Gasteiger charge is 2.19. The summed E-state index contributed by atoms with van der Waals surface area (Å²) < 4.78 is 0. The molecule has 0 bridgehead atoms. The zero-order chi connectivity index (χ0) is 18.0. The van der Waals surface area contributed by atoms with Crippen LogP contribution in [0.5, 0.6) is 0 Å². The minimum Gasteiger partial charge on any atom is -0.401 e. The van der Waals surface area contributed by atoms with E-state index in [1.165, 1.54) is 29.3 Å². The number of allylic oxidation sites excluding steroid dienone is 2. The van der Waals surface area contributed by atoms with Gasteiger partial charge < -0.3 is 10.6 Å². The van der Waals surface area contributed by atoms with Crippen LogP contribution in [0, 0.1) is 0 Å². The second-order valence-corrected chi connectivity index (χ2v) is 5.31. The van der Waals surface area contributed by atoms with E-state index in [0.29, 0.717) is 0 Å². The molecule has 2 N–H and O–H groups in total. The molecule has 0 aliphatic carbocycles. The van der Waals surface area contributed by atoms with Gasteiger partial charge in [-0.15, -0.1) is 0 Å². The smallest absolute Gasteiger partial charge is 0.192 e. The van der Waals surface area contributed by atoms with Crippen molar-refractivity contribution in [2.45, 2.75) is 61.1 Å². The lowest BCUT2D eigenvalue weighted by Crippen LogP contribution is -2.17. The van der Waals surface area contributed by atoms with Gasteiger partial charge in [-0.05, 0) is 37.0 Å². The third-order valence-corrected chi connectivity index (χ3v) is 3.61. The van der Waals surface area contributed by atoms with Crippen molar-refractivity contribution >= 4 is 12.1 Å². The van der Waals surface area contributed by atoms with Crippen LogP contribution >= 0.6 is 0 Å². The first-order valence-corrected chi connectivity index (χ1v) is 8.13. The van der Waals surface area contributed by atoms with E-state index in [-0.39, 0.29) is 6.29 Å². The maximum Gasteiger partial charge on any atom is 0.192 e. The van der Waals surface area contributed by atoms with E-state index in [1.807, 2.05) is 20.8 Å². The van der Waals surface area contributed by atoms with Gasteiger partial charge in [0.05, 0.1) is 0 Å². The van der Waals surface area contributed by atoms with Crippen molar-refractivity contribution in [2.75, 3.05) is 0 Å². The molecule has 128 valence electrons. The SMILES string of the molecule is CC.CC(=O)C=O.CCc1ccc2c(c1)CN(/C(C)=C(/C)N)C2. The number of carbonyl (C=O) groups excluding carboxylic acids is 2. The average molecular weight is 318 g/mol. The molecule has 4 heteroatoms. The quantitative estimate of drug-likeness (QED) is 0.683. The molecule has 1 aliphatic rings. The summed E-state index contributed by atoms with van der Waals surface area (Å²) in [5, 5.41) is 0. The molecule has 4 nitrogen and oxygen atoms in total.